The van der Waals surface area contributed by atoms with E-state index in [0.717, 1.165) is 25.4 Å². The summed E-state index contributed by atoms with van der Waals surface area (Å²) in [6, 6.07) is 17.4. The van der Waals surface area contributed by atoms with Crippen LogP contribution in [0.4, 0.5) is 9.18 Å². The van der Waals surface area contributed by atoms with Crippen molar-refractivity contribution in [2.75, 3.05) is 7.11 Å². The molecule has 1 fully saturated rings. The molecule has 0 spiro atoms. The fraction of sp³-hybridized carbons (Fsp3) is 0.120. The summed E-state index contributed by atoms with van der Waals surface area (Å²) < 4.78 is 26.8. The van der Waals surface area contributed by atoms with Crippen LogP contribution >= 0.6 is 50.3 Å². The van der Waals surface area contributed by atoms with Gasteiger partial charge in [0.25, 0.3) is 11.1 Å². The molecule has 3 aromatic rings. The molecule has 0 saturated carbocycles. The zero-order chi connectivity index (χ0) is 24.2. The highest BCUT2D eigenvalue weighted by molar-refractivity contribution is 14.1. The molecular weight excluding hydrogens is 636 g/mol. The zero-order valence-corrected chi connectivity index (χ0v) is 22.4. The van der Waals surface area contributed by atoms with Crippen LogP contribution in [0, 0.1) is 9.39 Å². The van der Waals surface area contributed by atoms with Crippen LogP contribution in [0.2, 0.25) is 0 Å². The number of ether oxygens (including phenoxy) is 2. The Morgan fingerprint density at radius 2 is 1.79 bits per heavy atom. The van der Waals surface area contributed by atoms with E-state index in [0.29, 0.717) is 27.5 Å². The Morgan fingerprint density at radius 3 is 2.50 bits per heavy atom. The fourth-order valence-electron chi connectivity index (χ4n) is 3.31. The SMILES string of the molecule is COc1cc(/C=C2\SC(=O)N(Cc3ccccc3Br)C2=O)cc(I)c1OCc1ccccc1F. The predicted molar refractivity (Wildman–Crippen MR) is 142 cm³/mol. The maximum atomic E-state index is 13.9. The summed E-state index contributed by atoms with van der Waals surface area (Å²) in [5.74, 6) is 0.235. The molecule has 1 aliphatic heterocycles. The monoisotopic (exact) mass is 653 g/mol. The summed E-state index contributed by atoms with van der Waals surface area (Å²) in [7, 11) is 1.51. The van der Waals surface area contributed by atoms with Crippen molar-refractivity contribution in [1.82, 2.24) is 4.90 Å². The largest absolute Gasteiger partial charge is 0.493 e. The third-order valence-corrected chi connectivity index (χ3v) is 7.52. The Morgan fingerprint density at radius 1 is 1.09 bits per heavy atom. The highest BCUT2D eigenvalue weighted by Gasteiger charge is 2.35. The van der Waals surface area contributed by atoms with Gasteiger partial charge in [-0.1, -0.05) is 52.3 Å². The van der Waals surface area contributed by atoms with Gasteiger partial charge < -0.3 is 9.47 Å². The average Bonchev–Trinajstić information content (AvgIpc) is 3.07. The van der Waals surface area contributed by atoms with Crippen molar-refractivity contribution in [2.45, 2.75) is 13.2 Å². The molecule has 34 heavy (non-hydrogen) atoms. The highest BCUT2D eigenvalue weighted by Crippen LogP contribution is 2.38. The fourth-order valence-corrected chi connectivity index (χ4v) is 5.34. The van der Waals surface area contributed by atoms with Crippen molar-refractivity contribution in [2.24, 2.45) is 0 Å². The van der Waals surface area contributed by atoms with E-state index in [1.165, 1.54) is 18.1 Å². The smallest absolute Gasteiger partial charge is 0.293 e. The number of imide groups is 1. The number of amides is 2. The maximum absolute atomic E-state index is 13.9. The lowest BCUT2D eigenvalue weighted by Gasteiger charge is -2.14. The quantitative estimate of drug-likeness (QED) is 0.203. The molecule has 0 atom stereocenters. The van der Waals surface area contributed by atoms with E-state index in [2.05, 4.69) is 38.5 Å². The first-order chi connectivity index (χ1) is 16.4. The van der Waals surface area contributed by atoms with Gasteiger partial charge in [0.1, 0.15) is 12.4 Å². The van der Waals surface area contributed by atoms with Gasteiger partial charge in [-0.2, -0.15) is 0 Å². The van der Waals surface area contributed by atoms with E-state index < -0.39 is 0 Å². The van der Waals surface area contributed by atoms with Gasteiger partial charge in [0.2, 0.25) is 0 Å². The number of carbonyl (C=O) groups excluding carboxylic acids is 2. The van der Waals surface area contributed by atoms with Gasteiger partial charge in [-0.25, -0.2) is 4.39 Å². The lowest BCUT2D eigenvalue weighted by atomic mass is 10.1. The third-order valence-electron chi connectivity index (χ3n) is 5.04. The molecule has 0 bridgehead atoms. The van der Waals surface area contributed by atoms with Crippen LogP contribution in [-0.2, 0) is 17.9 Å². The molecule has 4 rings (SSSR count). The molecule has 1 saturated heterocycles. The van der Waals surface area contributed by atoms with Gasteiger partial charge in [-0.05, 0) is 75.8 Å². The molecule has 1 heterocycles. The van der Waals surface area contributed by atoms with E-state index in [9.17, 15) is 14.0 Å². The number of hydrogen-bond donors (Lipinski definition) is 0. The number of hydrogen-bond acceptors (Lipinski definition) is 5. The Labute approximate surface area is 222 Å². The number of halogens is 3. The number of nitrogens with zero attached hydrogens (tertiary/aromatic N) is 1. The first-order valence-electron chi connectivity index (χ1n) is 10.1. The van der Waals surface area contributed by atoms with E-state index in [4.69, 9.17) is 9.47 Å². The minimum absolute atomic E-state index is 0.0479. The molecule has 0 aromatic heterocycles. The molecule has 174 valence electrons. The topological polar surface area (TPSA) is 55.8 Å². The third kappa shape index (κ3) is 5.47. The molecule has 9 heteroatoms. The minimum atomic E-state index is -0.348. The Bertz CT molecular complexity index is 1300. The molecule has 5 nitrogen and oxygen atoms in total. The summed E-state index contributed by atoms with van der Waals surface area (Å²) >= 11 is 6.46. The van der Waals surface area contributed by atoms with E-state index in [1.54, 1.807) is 30.3 Å². The minimum Gasteiger partial charge on any atom is -0.493 e. The Kier molecular flexibility index (Phi) is 7.95. The molecular formula is C25H18BrFINO4S. The number of rotatable bonds is 7. The second-order valence-electron chi connectivity index (χ2n) is 7.27. The average molecular weight is 654 g/mol. The predicted octanol–water partition coefficient (Wildman–Crippen LogP) is 7.02. The van der Waals surface area contributed by atoms with Crippen LogP contribution in [0.3, 0.4) is 0 Å². The van der Waals surface area contributed by atoms with Crippen molar-refractivity contribution in [1.29, 1.82) is 0 Å². The second-order valence-corrected chi connectivity index (χ2v) is 10.3. The van der Waals surface area contributed by atoms with Crippen LogP contribution in [0.15, 0.2) is 70.0 Å². The van der Waals surface area contributed by atoms with Crippen LogP contribution < -0.4 is 9.47 Å². The molecule has 0 unspecified atom stereocenters. The van der Waals surface area contributed by atoms with Crippen molar-refractivity contribution in [3.8, 4) is 11.5 Å². The number of carbonyl (C=O) groups is 2. The molecule has 1 aliphatic rings. The van der Waals surface area contributed by atoms with Gasteiger partial charge in [-0.15, -0.1) is 0 Å². The van der Waals surface area contributed by atoms with Gasteiger partial charge in [0, 0.05) is 10.0 Å². The lowest BCUT2D eigenvalue weighted by Crippen LogP contribution is -2.27. The van der Waals surface area contributed by atoms with E-state index in [1.807, 2.05) is 30.3 Å². The number of methoxy groups -OCH3 is 1. The van der Waals surface area contributed by atoms with Gasteiger partial charge in [-0.3, -0.25) is 14.5 Å². The summed E-state index contributed by atoms with van der Waals surface area (Å²) in [5.41, 5.74) is 1.97. The normalized spacial score (nSPS) is 14.7. The molecule has 0 aliphatic carbocycles. The van der Waals surface area contributed by atoms with Crippen LogP contribution in [0.1, 0.15) is 16.7 Å². The Balaban J connectivity index is 1.55. The second kappa shape index (κ2) is 10.9. The van der Waals surface area contributed by atoms with E-state index >= 15 is 0 Å². The summed E-state index contributed by atoms with van der Waals surface area (Å²) in [4.78, 5) is 27.0. The summed E-state index contributed by atoms with van der Waals surface area (Å²) in [6.07, 6.45) is 1.66. The Hall–Kier alpha value is -2.37. The summed E-state index contributed by atoms with van der Waals surface area (Å²) in [5, 5.41) is -0.321. The summed E-state index contributed by atoms with van der Waals surface area (Å²) in [6.45, 7) is 0.236. The molecule has 0 radical (unpaired) electrons. The number of benzene rings is 3. The lowest BCUT2D eigenvalue weighted by molar-refractivity contribution is -0.123. The van der Waals surface area contributed by atoms with Crippen molar-refractivity contribution < 1.29 is 23.5 Å². The van der Waals surface area contributed by atoms with Crippen LogP contribution in [0.5, 0.6) is 11.5 Å². The number of thioether (sulfide) groups is 1. The zero-order valence-electron chi connectivity index (χ0n) is 17.9. The molecule has 2 amide bonds. The van der Waals surface area contributed by atoms with E-state index in [-0.39, 0.29) is 30.1 Å². The maximum Gasteiger partial charge on any atom is 0.293 e. The van der Waals surface area contributed by atoms with Gasteiger partial charge >= 0.3 is 0 Å². The van der Waals surface area contributed by atoms with Crippen molar-refractivity contribution in [3.05, 3.63) is 96.1 Å². The van der Waals surface area contributed by atoms with Gasteiger partial charge in [0.05, 0.1) is 22.1 Å². The molecule has 3 aromatic carbocycles. The van der Waals surface area contributed by atoms with Gasteiger partial charge in [0.15, 0.2) is 11.5 Å². The molecule has 0 N–H and O–H groups in total. The highest BCUT2D eigenvalue weighted by atomic mass is 127. The van der Waals surface area contributed by atoms with Crippen molar-refractivity contribution in [3.63, 3.8) is 0 Å². The first kappa shape index (κ1) is 24.7. The van der Waals surface area contributed by atoms with Crippen molar-refractivity contribution >= 4 is 67.5 Å². The first-order valence-corrected chi connectivity index (χ1v) is 12.8. The standard InChI is InChI=1S/C25H18BrFINO4S/c1-32-21-11-15(10-20(28)23(21)33-14-17-7-3-5-9-19(17)27)12-22-24(30)29(25(31)34-22)13-16-6-2-4-8-18(16)26/h2-12H,13-14H2,1H3/b22-12-. The van der Waals surface area contributed by atoms with Crippen LogP contribution in [-0.4, -0.2) is 23.2 Å². The van der Waals surface area contributed by atoms with Crippen LogP contribution in [0.25, 0.3) is 6.08 Å².